The van der Waals surface area contributed by atoms with Crippen LogP contribution in [0.3, 0.4) is 0 Å². The Morgan fingerprint density at radius 3 is 2.39 bits per heavy atom. The molecule has 2 fully saturated rings. The summed E-state index contributed by atoms with van der Waals surface area (Å²) in [5.74, 6) is -2.06. The third-order valence-electron chi connectivity index (χ3n) is 2.95. The van der Waals surface area contributed by atoms with Gasteiger partial charge in [0.15, 0.2) is 11.9 Å². The van der Waals surface area contributed by atoms with Crippen molar-refractivity contribution in [2.75, 3.05) is 6.61 Å². The summed E-state index contributed by atoms with van der Waals surface area (Å²) >= 11 is 0. The highest BCUT2D eigenvalue weighted by molar-refractivity contribution is 5.76. The number of cyclic esters (lactones) is 1. The molecule has 2 rings (SSSR count). The predicted octanol–water partition coefficient (Wildman–Crippen LogP) is 0.567. The van der Waals surface area contributed by atoms with Crippen LogP contribution in [-0.4, -0.2) is 47.6 Å². The van der Waals surface area contributed by atoms with Crippen LogP contribution in [0.15, 0.2) is 0 Å². The summed E-state index contributed by atoms with van der Waals surface area (Å²) in [5, 5.41) is 10.0. The van der Waals surface area contributed by atoms with E-state index in [0.29, 0.717) is 6.61 Å². The molecule has 0 spiro atoms. The van der Waals surface area contributed by atoms with Crippen molar-refractivity contribution < 1.29 is 28.8 Å². The molecule has 3 atom stereocenters. The maximum Gasteiger partial charge on any atom is 0.338 e. The van der Waals surface area contributed by atoms with Crippen molar-refractivity contribution in [2.45, 2.75) is 64.0 Å². The molecule has 1 N–H and O–H groups in total. The molecule has 0 saturated carbocycles. The lowest BCUT2D eigenvalue weighted by atomic mass is 10.1. The Labute approximate surface area is 106 Å². The quantitative estimate of drug-likeness (QED) is 0.748. The van der Waals surface area contributed by atoms with E-state index in [2.05, 4.69) is 0 Å². The molecule has 0 aliphatic carbocycles. The molecule has 0 bridgehead atoms. The summed E-state index contributed by atoms with van der Waals surface area (Å²) in [6.45, 7) is 7.19. The van der Waals surface area contributed by atoms with Crippen molar-refractivity contribution in [3.8, 4) is 0 Å². The lowest BCUT2D eigenvalue weighted by Gasteiger charge is -2.21. The van der Waals surface area contributed by atoms with Gasteiger partial charge in [0.05, 0.1) is 12.7 Å². The van der Waals surface area contributed by atoms with E-state index in [-0.39, 0.29) is 6.42 Å². The minimum absolute atomic E-state index is 0.145. The number of hydrogen-bond donors (Lipinski definition) is 1. The summed E-state index contributed by atoms with van der Waals surface area (Å²) in [6, 6.07) is 0. The topological polar surface area (TPSA) is 74.2 Å². The van der Waals surface area contributed by atoms with Gasteiger partial charge < -0.3 is 24.1 Å². The zero-order valence-corrected chi connectivity index (χ0v) is 11.1. The number of ether oxygens (including phenoxy) is 4. The standard InChI is InChI=1S/C12H20O6/c1-11(2)15-6-9(17-11)7(13)5-8-10(14)18-12(3,4)16-8/h7-9,13H,5-6H2,1-4H3. The van der Waals surface area contributed by atoms with E-state index >= 15 is 0 Å². The van der Waals surface area contributed by atoms with E-state index in [1.54, 1.807) is 27.7 Å². The summed E-state index contributed by atoms with van der Waals surface area (Å²) in [4.78, 5) is 11.5. The number of aliphatic hydroxyl groups is 1. The molecule has 18 heavy (non-hydrogen) atoms. The Morgan fingerprint density at radius 2 is 1.94 bits per heavy atom. The normalized spacial score (nSPS) is 35.5. The van der Waals surface area contributed by atoms with Crippen molar-refractivity contribution in [1.29, 1.82) is 0 Å². The maximum atomic E-state index is 11.5. The highest BCUT2D eigenvalue weighted by Crippen LogP contribution is 2.30. The second kappa shape index (κ2) is 4.45. The van der Waals surface area contributed by atoms with E-state index in [9.17, 15) is 9.90 Å². The maximum absolute atomic E-state index is 11.5. The Hall–Kier alpha value is -0.690. The van der Waals surface area contributed by atoms with E-state index in [0.717, 1.165) is 0 Å². The van der Waals surface area contributed by atoms with E-state index in [1.165, 1.54) is 0 Å². The highest BCUT2D eigenvalue weighted by atomic mass is 16.8. The minimum Gasteiger partial charge on any atom is -0.432 e. The van der Waals surface area contributed by atoms with Crippen LogP contribution < -0.4 is 0 Å². The molecular formula is C12H20O6. The highest BCUT2D eigenvalue weighted by Gasteiger charge is 2.44. The van der Waals surface area contributed by atoms with Gasteiger partial charge in [-0.25, -0.2) is 4.79 Å². The van der Waals surface area contributed by atoms with Gasteiger partial charge in [0, 0.05) is 20.3 Å². The first-order valence-corrected chi connectivity index (χ1v) is 6.09. The Kier molecular flexibility index (Phi) is 3.40. The molecule has 2 heterocycles. The molecule has 2 aliphatic heterocycles. The lowest BCUT2D eigenvalue weighted by molar-refractivity contribution is -0.164. The van der Waals surface area contributed by atoms with Gasteiger partial charge in [0.25, 0.3) is 0 Å². The number of carbonyl (C=O) groups is 1. The van der Waals surface area contributed by atoms with Gasteiger partial charge in [-0.2, -0.15) is 0 Å². The lowest BCUT2D eigenvalue weighted by Crippen LogP contribution is -2.35. The van der Waals surface area contributed by atoms with Crippen LogP contribution in [0.4, 0.5) is 0 Å². The van der Waals surface area contributed by atoms with Crippen molar-refractivity contribution in [1.82, 2.24) is 0 Å². The molecule has 0 amide bonds. The van der Waals surface area contributed by atoms with Crippen LogP contribution in [0, 0.1) is 0 Å². The summed E-state index contributed by atoms with van der Waals surface area (Å²) in [7, 11) is 0. The van der Waals surface area contributed by atoms with Crippen LogP contribution in [0.5, 0.6) is 0 Å². The summed E-state index contributed by atoms with van der Waals surface area (Å²) in [6.07, 6.45) is -1.87. The first kappa shape index (κ1) is 13.7. The molecule has 0 radical (unpaired) electrons. The zero-order chi connectivity index (χ0) is 13.6. The fourth-order valence-electron chi connectivity index (χ4n) is 2.14. The average molecular weight is 260 g/mol. The second-order valence-electron chi connectivity index (χ2n) is 5.60. The fraction of sp³-hybridized carbons (Fsp3) is 0.917. The number of hydrogen-bond acceptors (Lipinski definition) is 6. The monoisotopic (exact) mass is 260 g/mol. The molecule has 2 aliphatic rings. The molecule has 6 heteroatoms. The Morgan fingerprint density at radius 1 is 1.28 bits per heavy atom. The van der Waals surface area contributed by atoms with Gasteiger partial charge in [-0.1, -0.05) is 0 Å². The first-order valence-electron chi connectivity index (χ1n) is 6.09. The van der Waals surface area contributed by atoms with Crippen molar-refractivity contribution >= 4 is 5.97 Å². The zero-order valence-electron chi connectivity index (χ0n) is 11.1. The largest absolute Gasteiger partial charge is 0.432 e. The molecular weight excluding hydrogens is 240 g/mol. The predicted molar refractivity (Wildman–Crippen MR) is 60.6 cm³/mol. The van der Waals surface area contributed by atoms with Crippen molar-refractivity contribution in [3.05, 3.63) is 0 Å². The van der Waals surface area contributed by atoms with E-state index in [4.69, 9.17) is 18.9 Å². The number of rotatable bonds is 3. The molecule has 3 unspecified atom stereocenters. The minimum atomic E-state index is -0.923. The third kappa shape index (κ3) is 3.00. The number of aliphatic hydroxyl groups excluding tert-OH is 1. The van der Waals surface area contributed by atoms with Crippen LogP contribution in [0.2, 0.25) is 0 Å². The SMILES string of the molecule is CC1(C)OC(=O)C(CC(O)C2COC(C)(C)O2)O1. The van der Waals surface area contributed by atoms with Gasteiger partial charge in [-0.3, -0.25) is 0 Å². The van der Waals surface area contributed by atoms with E-state index in [1.807, 2.05) is 0 Å². The van der Waals surface area contributed by atoms with Crippen molar-refractivity contribution in [2.24, 2.45) is 0 Å². The Balaban J connectivity index is 1.89. The van der Waals surface area contributed by atoms with Crippen LogP contribution in [0.1, 0.15) is 34.1 Å². The molecule has 0 aromatic rings. The molecule has 104 valence electrons. The summed E-state index contributed by atoms with van der Waals surface area (Å²) < 4.78 is 21.3. The smallest absolute Gasteiger partial charge is 0.338 e. The fourth-order valence-corrected chi connectivity index (χ4v) is 2.14. The number of carbonyl (C=O) groups excluding carboxylic acids is 1. The van der Waals surface area contributed by atoms with Gasteiger partial charge >= 0.3 is 5.97 Å². The third-order valence-corrected chi connectivity index (χ3v) is 2.95. The van der Waals surface area contributed by atoms with Gasteiger partial charge in [-0.05, 0) is 13.8 Å². The van der Waals surface area contributed by atoms with Crippen LogP contribution in [0.25, 0.3) is 0 Å². The molecule has 2 saturated heterocycles. The van der Waals surface area contributed by atoms with Gasteiger partial charge in [-0.15, -0.1) is 0 Å². The Bertz CT molecular complexity index is 337. The molecule has 6 nitrogen and oxygen atoms in total. The van der Waals surface area contributed by atoms with Gasteiger partial charge in [0.2, 0.25) is 5.79 Å². The van der Waals surface area contributed by atoms with Gasteiger partial charge in [0.1, 0.15) is 6.10 Å². The average Bonchev–Trinajstić information content (AvgIpc) is 2.67. The summed E-state index contributed by atoms with van der Waals surface area (Å²) in [5.41, 5.74) is 0. The van der Waals surface area contributed by atoms with Crippen LogP contribution >= 0.6 is 0 Å². The molecule has 0 aromatic heterocycles. The second-order valence-corrected chi connectivity index (χ2v) is 5.60. The number of esters is 1. The first-order chi connectivity index (χ1) is 8.19. The van der Waals surface area contributed by atoms with Crippen molar-refractivity contribution in [3.63, 3.8) is 0 Å². The molecule has 0 aromatic carbocycles. The van der Waals surface area contributed by atoms with E-state index < -0.39 is 35.9 Å². The van der Waals surface area contributed by atoms with Crippen LogP contribution in [-0.2, 0) is 23.7 Å².